The Kier molecular flexibility index (Phi) is 6.06. The molecule has 26 heavy (non-hydrogen) atoms. The minimum absolute atomic E-state index is 0.0621. The molecule has 0 amide bonds. The van der Waals surface area contributed by atoms with Crippen molar-refractivity contribution in [3.05, 3.63) is 36.4 Å². The van der Waals surface area contributed by atoms with E-state index < -0.39 is 0 Å². The Hall–Kier alpha value is -2.18. The Balaban J connectivity index is 1.73. The molecule has 0 saturated carbocycles. The van der Waals surface area contributed by atoms with Crippen LogP contribution in [0.2, 0.25) is 0 Å². The zero-order chi connectivity index (χ0) is 18.4. The van der Waals surface area contributed by atoms with Crippen molar-refractivity contribution in [1.82, 2.24) is 14.9 Å². The van der Waals surface area contributed by atoms with Crippen LogP contribution >= 0.6 is 0 Å². The standard InChI is InChI=1S/C20H29N5O/c1-20(2,3)24-18-15-17(16-7-5-4-6-8-16)22-19(23-18)21-9-10-25-11-13-26-14-12-25/h4-8,15H,9-14H2,1-3H3,(H2,21,22,23,24). The van der Waals surface area contributed by atoms with Gasteiger partial charge < -0.3 is 15.4 Å². The Morgan fingerprint density at radius 3 is 2.50 bits per heavy atom. The smallest absolute Gasteiger partial charge is 0.225 e. The molecule has 1 aromatic heterocycles. The summed E-state index contributed by atoms with van der Waals surface area (Å²) in [4.78, 5) is 11.8. The third-order valence-electron chi connectivity index (χ3n) is 4.11. The lowest BCUT2D eigenvalue weighted by Crippen LogP contribution is -2.39. The van der Waals surface area contributed by atoms with Gasteiger partial charge in [0.15, 0.2) is 0 Å². The van der Waals surface area contributed by atoms with Crippen LogP contribution in [0.1, 0.15) is 20.8 Å². The van der Waals surface area contributed by atoms with Crippen LogP contribution in [0, 0.1) is 0 Å². The van der Waals surface area contributed by atoms with Crippen LogP contribution < -0.4 is 10.6 Å². The van der Waals surface area contributed by atoms with Gasteiger partial charge in [0.1, 0.15) is 5.82 Å². The average Bonchev–Trinajstić information content (AvgIpc) is 2.62. The second kappa shape index (κ2) is 8.47. The van der Waals surface area contributed by atoms with Crippen molar-refractivity contribution in [1.29, 1.82) is 0 Å². The Bertz CT molecular complexity index is 693. The van der Waals surface area contributed by atoms with Gasteiger partial charge in [0.05, 0.1) is 18.9 Å². The second-order valence-corrected chi connectivity index (χ2v) is 7.58. The van der Waals surface area contributed by atoms with Gasteiger partial charge in [-0.2, -0.15) is 4.98 Å². The van der Waals surface area contributed by atoms with E-state index in [4.69, 9.17) is 9.72 Å². The highest BCUT2D eigenvalue weighted by atomic mass is 16.5. The van der Waals surface area contributed by atoms with Gasteiger partial charge in [-0.05, 0) is 20.8 Å². The van der Waals surface area contributed by atoms with Crippen LogP contribution in [0.25, 0.3) is 11.3 Å². The minimum Gasteiger partial charge on any atom is -0.379 e. The monoisotopic (exact) mass is 355 g/mol. The number of ether oxygens (including phenoxy) is 1. The molecule has 3 rings (SSSR count). The summed E-state index contributed by atoms with van der Waals surface area (Å²) in [6.07, 6.45) is 0. The first-order valence-electron chi connectivity index (χ1n) is 9.26. The predicted octanol–water partition coefficient (Wildman–Crippen LogP) is 3.10. The molecule has 6 nitrogen and oxygen atoms in total. The summed E-state index contributed by atoms with van der Waals surface area (Å²) in [6, 6.07) is 12.2. The molecule has 2 heterocycles. The van der Waals surface area contributed by atoms with E-state index in [1.165, 1.54) is 0 Å². The summed E-state index contributed by atoms with van der Waals surface area (Å²) in [5, 5.41) is 6.84. The topological polar surface area (TPSA) is 62.3 Å². The van der Waals surface area contributed by atoms with Crippen molar-refractivity contribution in [2.75, 3.05) is 50.0 Å². The van der Waals surface area contributed by atoms with E-state index in [1.807, 2.05) is 24.3 Å². The zero-order valence-electron chi connectivity index (χ0n) is 16.0. The van der Waals surface area contributed by atoms with Crippen molar-refractivity contribution in [2.45, 2.75) is 26.3 Å². The van der Waals surface area contributed by atoms with E-state index in [0.29, 0.717) is 5.95 Å². The fourth-order valence-electron chi connectivity index (χ4n) is 2.88. The third kappa shape index (κ3) is 5.68. The van der Waals surface area contributed by atoms with E-state index in [9.17, 15) is 0 Å². The average molecular weight is 355 g/mol. The highest BCUT2D eigenvalue weighted by Gasteiger charge is 2.14. The summed E-state index contributed by atoms with van der Waals surface area (Å²) in [5.74, 6) is 1.49. The van der Waals surface area contributed by atoms with Crippen LogP contribution in [-0.4, -0.2) is 59.8 Å². The van der Waals surface area contributed by atoms with Crippen molar-refractivity contribution in [3.8, 4) is 11.3 Å². The Morgan fingerprint density at radius 2 is 1.81 bits per heavy atom. The number of nitrogens with zero attached hydrogens (tertiary/aromatic N) is 3. The second-order valence-electron chi connectivity index (χ2n) is 7.58. The normalized spacial score (nSPS) is 15.7. The minimum atomic E-state index is -0.0621. The fraction of sp³-hybridized carbons (Fsp3) is 0.500. The lowest BCUT2D eigenvalue weighted by atomic mass is 10.1. The summed E-state index contributed by atoms with van der Waals surface area (Å²) in [6.45, 7) is 11.8. The highest BCUT2D eigenvalue weighted by Crippen LogP contribution is 2.23. The van der Waals surface area contributed by atoms with Crippen LogP contribution in [-0.2, 0) is 4.74 Å². The number of benzene rings is 1. The van der Waals surface area contributed by atoms with Gasteiger partial charge in [0.25, 0.3) is 0 Å². The summed E-state index contributed by atoms with van der Waals surface area (Å²) < 4.78 is 5.40. The van der Waals surface area contributed by atoms with E-state index in [0.717, 1.165) is 56.5 Å². The van der Waals surface area contributed by atoms with Gasteiger partial charge in [-0.3, -0.25) is 4.90 Å². The molecule has 0 aliphatic carbocycles. The number of anilines is 2. The molecule has 2 N–H and O–H groups in total. The number of nitrogens with one attached hydrogen (secondary N) is 2. The molecule has 140 valence electrons. The lowest BCUT2D eigenvalue weighted by molar-refractivity contribution is 0.0398. The van der Waals surface area contributed by atoms with E-state index >= 15 is 0 Å². The summed E-state index contributed by atoms with van der Waals surface area (Å²) in [5.41, 5.74) is 1.94. The molecule has 0 radical (unpaired) electrons. The van der Waals surface area contributed by atoms with E-state index in [1.54, 1.807) is 0 Å². The van der Waals surface area contributed by atoms with Crippen LogP contribution in [0.15, 0.2) is 36.4 Å². The quantitative estimate of drug-likeness (QED) is 0.830. The Labute approximate surface area is 156 Å². The van der Waals surface area contributed by atoms with Gasteiger partial charge in [-0.1, -0.05) is 30.3 Å². The van der Waals surface area contributed by atoms with Gasteiger partial charge in [0.2, 0.25) is 5.95 Å². The first-order chi connectivity index (χ1) is 12.5. The maximum Gasteiger partial charge on any atom is 0.225 e. The van der Waals surface area contributed by atoms with Gasteiger partial charge in [-0.25, -0.2) is 4.98 Å². The molecular weight excluding hydrogens is 326 g/mol. The molecule has 6 heteroatoms. The van der Waals surface area contributed by atoms with E-state index in [2.05, 4.69) is 53.4 Å². The zero-order valence-corrected chi connectivity index (χ0v) is 16.0. The molecule has 1 aliphatic heterocycles. The summed E-state index contributed by atoms with van der Waals surface area (Å²) >= 11 is 0. The summed E-state index contributed by atoms with van der Waals surface area (Å²) in [7, 11) is 0. The first-order valence-corrected chi connectivity index (χ1v) is 9.26. The van der Waals surface area contributed by atoms with Crippen molar-refractivity contribution in [2.24, 2.45) is 0 Å². The third-order valence-corrected chi connectivity index (χ3v) is 4.11. The van der Waals surface area contributed by atoms with Gasteiger partial charge in [-0.15, -0.1) is 0 Å². The van der Waals surface area contributed by atoms with Gasteiger partial charge in [0, 0.05) is 43.3 Å². The fourth-order valence-corrected chi connectivity index (χ4v) is 2.88. The Morgan fingerprint density at radius 1 is 1.08 bits per heavy atom. The lowest BCUT2D eigenvalue weighted by Gasteiger charge is -2.26. The number of morpholine rings is 1. The molecule has 0 bridgehead atoms. The SMILES string of the molecule is CC(C)(C)Nc1cc(-c2ccccc2)nc(NCCN2CCOCC2)n1. The van der Waals surface area contributed by atoms with Gasteiger partial charge >= 0.3 is 0 Å². The molecule has 1 saturated heterocycles. The van der Waals surface area contributed by atoms with Crippen LogP contribution in [0.3, 0.4) is 0 Å². The van der Waals surface area contributed by atoms with Crippen molar-refractivity contribution in [3.63, 3.8) is 0 Å². The number of rotatable bonds is 6. The van der Waals surface area contributed by atoms with Crippen LogP contribution in [0.4, 0.5) is 11.8 Å². The molecular formula is C20H29N5O. The first kappa shape index (κ1) is 18.6. The van der Waals surface area contributed by atoms with E-state index in [-0.39, 0.29) is 5.54 Å². The number of hydrogen-bond donors (Lipinski definition) is 2. The maximum absolute atomic E-state index is 5.40. The molecule has 0 atom stereocenters. The predicted molar refractivity (Wildman–Crippen MR) is 107 cm³/mol. The molecule has 2 aromatic rings. The molecule has 0 spiro atoms. The van der Waals surface area contributed by atoms with Crippen molar-refractivity contribution < 1.29 is 4.74 Å². The molecule has 1 aromatic carbocycles. The molecule has 0 unspecified atom stereocenters. The largest absolute Gasteiger partial charge is 0.379 e. The molecule has 1 fully saturated rings. The number of aromatic nitrogens is 2. The maximum atomic E-state index is 5.40. The van der Waals surface area contributed by atoms with Crippen molar-refractivity contribution >= 4 is 11.8 Å². The number of hydrogen-bond acceptors (Lipinski definition) is 6. The molecule has 1 aliphatic rings. The van der Waals surface area contributed by atoms with Crippen LogP contribution in [0.5, 0.6) is 0 Å². The highest BCUT2D eigenvalue weighted by molar-refractivity contribution is 5.64.